The Morgan fingerprint density at radius 1 is 0.206 bits per heavy atom. The molecular formula is C112H59Cl5N10O5S4. The number of furan rings is 5. The zero-order valence-corrected chi connectivity index (χ0v) is 77.6. The Morgan fingerprint density at radius 3 is 1.24 bits per heavy atom. The molecule has 0 N–H and O–H groups in total. The Hall–Kier alpha value is -15.0. The average molecular weight is 1930 g/mol. The Balaban J connectivity index is 0.0000000906. The van der Waals surface area contributed by atoms with Crippen LogP contribution < -0.4 is 0 Å². The minimum Gasteiger partial charge on any atom is -0.452 e. The van der Waals surface area contributed by atoms with Crippen molar-refractivity contribution in [2.24, 2.45) is 0 Å². The molecule has 0 spiro atoms. The van der Waals surface area contributed by atoms with Gasteiger partial charge in [-0.25, -0.2) is 49.8 Å². The molecule has 16 aromatic carbocycles. The average Bonchev–Trinajstić information content (AvgIpc) is 1.60. The van der Waals surface area contributed by atoms with Crippen molar-refractivity contribution in [2.45, 2.75) is 19.6 Å². The highest BCUT2D eigenvalue weighted by Gasteiger charge is 2.28. The summed E-state index contributed by atoms with van der Waals surface area (Å²) in [6.07, 6.45) is 0. The fourth-order valence-corrected chi connectivity index (χ4v) is 23.5. The summed E-state index contributed by atoms with van der Waals surface area (Å²) >= 11 is 38.5. The van der Waals surface area contributed by atoms with Gasteiger partial charge in [0.1, 0.15) is 84.0 Å². The van der Waals surface area contributed by atoms with E-state index >= 15 is 0 Å². The zero-order chi connectivity index (χ0) is 90.8. The lowest BCUT2D eigenvalue weighted by Crippen LogP contribution is -1.95. The van der Waals surface area contributed by atoms with Crippen molar-refractivity contribution >= 4 is 276 Å². The van der Waals surface area contributed by atoms with Gasteiger partial charge in [0.25, 0.3) is 0 Å². The highest BCUT2D eigenvalue weighted by molar-refractivity contribution is 8.05. The van der Waals surface area contributed by atoms with Crippen LogP contribution in [0, 0.1) is 0 Å². The number of thiophene rings is 2. The summed E-state index contributed by atoms with van der Waals surface area (Å²) in [5.41, 5.74) is 21.7. The predicted molar refractivity (Wildman–Crippen MR) is 560 cm³/mol. The van der Waals surface area contributed by atoms with Gasteiger partial charge in [-0.2, -0.15) is 0 Å². The van der Waals surface area contributed by atoms with Crippen LogP contribution in [-0.2, 0) is 0 Å². The first-order valence-electron chi connectivity index (χ1n) is 43.2. The summed E-state index contributed by atoms with van der Waals surface area (Å²) in [4.78, 5) is 49.7. The van der Waals surface area contributed by atoms with E-state index in [1.165, 1.54) is 59.9 Å². The number of rotatable bonds is 6. The van der Waals surface area contributed by atoms with Gasteiger partial charge in [-0.1, -0.05) is 284 Å². The van der Waals surface area contributed by atoms with Crippen LogP contribution in [0.1, 0.15) is 0 Å². The van der Waals surface area contributed by atoms with Gasteiger partial charge >= 0.3 is 0 Å². The van der Waals surface area contributed by atoms with Crippen molar-refractivity contribution in [1.82, 2.24) is 49.8 Å². The smallest absolute Gasteiger partial charge is 0.223 e. The van der Waals surface area contributed by atoms with E-state index in [2.05, 4.69) is 238 Å². The second-order valence-electron chi connectivity index (χ2n) is 32.1. The molecule has 1 aliphatic rings. The van der Waals surface area contributed by atoms with Crippen LogP contribution in [-0.4, -0.2) is 49.8 Å². The van der Waals surface area contributed by atoms with Gasteiger partial charge in [0.2, 0.25) is 26.4 Å². The van der Waals surface area contributed by atoms with Gasteiger partial charge in [0, 0.05) is 115 Å². The molecule has 0 saturated carbocycles. The van der Waals surface area contributed by atoms with E-state index in [1.807, 2.05) is 170 Å². The Kier molecular flexibility index (Phi) is 21.0. The van der Waals surface area contributed by atoms with Crippen LogP contribution in [0.2, 0.25) is 26.4 Å². The number of benzene rings is 16. The number of aromatic nitrogens is 10. The van der Waals surface area contributed by atoms with Gasteiger partial charge in [-0.15, -0.1) is 22.7 Å². The standard InChI is InChI=1S/C26H15ClN2O.C22H11ClN2OS2.2C22H11ClN2OS.C20H11ClN2O/c27-26-28-22(19-11-6-10-18(15-19)16-7-2-1-3-8-16)25-23(29-26)21-14-13-17-9-4-5-12-20(17)24(21)30-25;23-22-24-18-12-6-1-2-8-14(12)26-20(18)19(25-22)13-7-5-11-17-21(13)28-16-10-4-3-9-15(16)27-17;23-22-24-18-14-7-1-3-10-16(14)26-20(18)19(25-22)15-9-5-8-13-12-6-2-4-11-17(12)27-21(13)15;23-22-24-19(21-20(25-22)14-6-1-3-7-16(14)26-21)12-9-10-18-15(11-12)13-5-2-4-8-17(13)27-18;21-20-22-17(13-7-2-1-3-8-13)19-18(23-20)16-14-9-5-4-6-12(14)10-11-15(16)24-19/h1-15H;1-11H;2*1-11H;1-11H. The largest absolute Gasteiger partial charge is 0.452 e. The molecule has 0 radical (unpaired) electrons. The fraction of sp³-hybridized carbons (Fsp3) is 0. The third kappa shape index (κ3) is 14.9. The molecule has 0 fully saturated rings. The highest BCUT2D eigenvalue weighted by atomic mass is 35.5. The number of hydrogen-bond acceptors (Lipinski definition) is 19. The lowest BCUT2D eigenvalue weighted by atomic mass is 10.0. The summed E-state index contributed by atoms with van der Waals surface area (Å²) in [7, 11) is 0. The molecule has 28 aromatic rings. The number of halogens is 5. The van der Waals surface area contributed by atoms with E-state index in [0.29, 0.717) is 39.3 Å². The molecular weight excluding hydrogens is 1870 g/mol. The molecule has 0 amide bonds. The van der Waals surface area contributed by atoms with E-state index in [4.69, 9.17) is 80.1 Å². The van der Waals surface area contributed by atoms with Crippen molar-refractivity contribution in [3.63, 3.8) is 0 Å². The molecule has 0 bridgehead atoms. The van der Waals surface area contributed by atoms with Crippen molar-refractivity contribution in [3.8, 4) is 67.4 Å². The second-order valence-corrected chi connectivity index (χ2v) is 38.1. The molecule has 0 saturated heterocycles. The summed E-state index contributed by atoms with van der Waals surface area (Å²) in [5.74, 6) is 0. The molecule has 136 heavy (non-hydrogen) atoms. The third-order valence-electron chi connectivity index (χ3n) is 24.0. The molecule has 12 aromatic heterocycles. The molecule has 29 rings (SSSR count). The van der Waals surface area contributed by atoms with Crippen LogP contribution in [0.15, 0.2) is 400 Å². The Morgan fingerprint density at radius 2 is 0.603 bits per heavy atom. The number of nitrogens with zero attached hydrogens (tertiary/aromatic N) is 10. The maximum absolute atomic E-state index is 6.37. The van der Waals surface area contributed by atoms with E-state index in [1.54, 1.807) is 46.2 Å². The van der Waals surface area contributed by atoms with Crippen molar-refractivity contribution in [1.29, 1.82) is 0 Å². The van der Waals surface area contributed by atoms with E-state index in [9.17, 15) is 0 Å². The zero-order valence-electron chi connectivity index (χ0n) is 70.6. The van der Waals surface area contributed by atoms with Gasteiger partial charge < -0.3 is 22.1 Å². The van der Waals surface area contributed by atoms with Gasteiger partial charge in [0.15, 0.2) is 27.9 Å². The fourth-order valence-electron chi connectivity index (χ4n) is 18.0. The molecule has 0 unspecified atom stereocenters. The lowest BCUT2D eigenvalue weighted by molar-refractivity contribution is 0.666. The van der Waals surface area contributed by atoms with Gasteiger partial charge in [0.05, 0.1) is 5.39 Å². The summed E-state index contributed by atoms with van der Waals surface area (Å²) in [5, 5.41) is 15.2. The maximum atomic E-state index is 6.37. The summed E-state index contributed by atoms with van der Waals surface area (Å²) in [6.45, 7) is 0. The monoisotopic (exact) mass is 1930 g/mol. The number of para-hydroxylation sites is 3. The number of hydrogen-bond donors (Lipinski definition) is 0. The Bertz CT molecular complexity index is 9720. The van der Waals surface area contributed by atoms with Crippen molar-refractivity contribution < 1.29 is 22.1 Å². The summed E-state index contributed by atoms with van der Waals surface area (Å²) < 4.78 is 35.8. The normalized spacial score (nSPS) is 11.9. The maximum Gasteiger partial charge on any atom is 0.223 e. The minimum atomic E-state index is 0.207. The van der Waals surface area contributed by atoms with Crippen LogP contribution in [0.4, 0.5) is 0 Å². The molecule has 13 heterocycles. The molecule has 24 heteroatoms. The first-order valence-corrected chi connectivity index (χ1v) is 48.3. The summed E-state index contributed by atoms with van der Waals surface area (Å²) in [6, 6.07) is 121. The lowest BCUT2D eigenvalue weighted by Gasteiger charge is -2.20. The molecule has 15 nitrogen and oxygen atoms in total. The van der Waals surface area contributed by atoms with Crippen LogP contribution in [0.25, 0.3) is 240 Å². The SMILES string of the molecule is Clc1nc(-c2ccc3sc4ccccc4c3c2)c2oc3ccccc3c2n1.Clc1nc(-c2cccc(-c3ccccc3)c2)c2oc3c4ccccc4ccc3c2n1.Clc1nc(-c2cccc3c2Sc2ccccc2S3)c2oc3ccccc3c2n1.Clc1nc(-c2cccc3c2sc2ccccc23)c2oc3ccccc3c2n1.Clc1nc(-c2ccccc2)c2oc3ccc4ccccc4c3c2n1. The Labute approximate surface area is 812 Å². The quantitative estimate of drug-likeness (QED) is 0.142. The predicted octanol–water partition coefficient (Wildman–Crippen LogP) is 34.8. The van der Waals surface area contributed by atoms with Crippen LogP contribution in [0.3, 0.4) is 0 Å². The molecule has 0 atom stereocenters. The van der Waals surface area contributed by atoms with Crippen LogP contribution in [0.5, 0.6) is 0 Å². The highest BCUT2D eigenvalue weighted by Crippen LogP contribution is 2.54. The van der Waals surface area contributed by atoms with Crippen molar-refractivity contribution in [3.05, 3.63) is 384 Å². The molecule has 0 aliphatic carbocycles. The van der Waals surface area contributed by atoms with E-state index in [0.717, 1.165) is 160 Å². The number of fused-ring (bicyclic) bond motifs is 27. The van der Waals surface area contributed by atoms with Gasteiger partial charge in [-0.3, -0.25) is 0 Å². The van der Waals surface area contributed by atoms with E-state index in [-0.39, 0.29) is 26.4 Å². The second kappa shape index (κ2) is 34.5. The molecule has 646 valence electrons. The van der Waals surface area contributed by atoms with Crippen molar-refractivity contribution in [2.75, 3.05) is 0 Å². The third-order valence-corrected chi connectivity index (χ3v) is 29.9. The minimum absolute atomic E-state index is 0.207. The topological polar surface area (TPSA) is 195 Å². The van der Waals surface area contributed by atoms with Gasteiger partial charge in [-0.05, 0) is 182 Å². The van der Waals surface area contributed by atoms with Crippen LogP contribution >= 0.6 is 104 Å². The first-order chi connectivity index (χ1) is 66.9. The molecule has 1 aliphatic heterocycles. The van der Waals surface area contributed by atoms with E-state index < -0.39 is 0 Å². The first kappa shape index (κ1) is 82.9.